The standard InChI is InChI=1S/C11H19BSe/c1-13-9-8-12-10-4-2-5-11(12)7-3-6-10/h8-11H,2-7H2,1H3/b9-8+. The molecule has 0 aromatic heterocycles. The summed E-state index contributed by atoms with van der Waals surface area (Å²) in [5, 5.41) is 0. The molecule has 2 fully saturated rings. The fraction of sp³-hybridized carbons (Fsp3) is 0.818. The second kappa shape index (κ2) is 4.71. The molecule has 72 valence electrons. The minimum atomic E-state index is 0.742. The molecular formula is C11H19BSe. The molecule has 0 aromatic carbocycles. The predicted molar refractivity (Wildman–Crippen MR) is 61.7 cm³/mol. The van der Waals surface area contributed by atoms with Crippen molar-refractivity contribution in [3.8, 4) is 0 Å². The molecule has 0 saturated carbocycles. The fourth-order valence-corrected chi connectivity index (χ4v) is 3.92. The number of hydrogen-bond acceptors (Lipinski definition) is 0. The Kier molecular flexibility index (Phi) is 3.57. The molecule has 0 nitrogen and oxygen atoms in total. The van der Waals surface area contributed by atoms with Crippen molar-refractivity contribution in [1.82, 2.24) is 0 Å². The molecule has 2 heteroatoms. The van der Waals surface area contributed by atoms with Gasteiger partial charge in [0.25, 0.3) is 0 Å². The van der Waals surface area contributed by atoms with Crippen LogP contribution in [0.1, 0.15) is 38.5 Å². The molecule has 0 unspecified atom stereocenters. The zero-order valence-electron chi connectivity index (χ0n) is 8.54. The summed E-state index contributed by atoms with van der Waals surface area (Å²) >= 11 is 0.742. The minimum absolute atomic E-state index is 0.742. The van der Waals surface area contributed by atoms with Crippen LogP contribution in [-0.4, -0.2) is 21.7 Å². The van der Waals surface area contributed by atoms with Crippen molar-refractivity contribution in [3.05, 3.63) is 10.9 Å². The van der Waals surface area contributed by atoms with Gasteiger partial charge in [-0.15, -0.1) is 0 Å². The summed E-state index contributed by atoms with van der Waals surface area (Å²) < 4.78 is 0. The van der Waals surface area contributed by atoms with Crippen LogP contribution in [0.15, 0.2) is 10.9 Å². The van der Waals surface area contributed by atoms with Gasteiger partial charge in [0.1, 0.15) is 0 Å². The second-order valence-corrected chi connectivity index (χ2v) is 6.08. The Labute approximate surface area is 88.8 Å². The zero-order valence-corrected chi connectivity index (χ0v) is 10.3. The van der Waals surface area contributed by atoms with Crippen LogP contribution in [0.2, 0.25) is 17.5 Å². The molecule has 2 aliphatic rings. The molecular weight excluding hydrogens is 222 g/mol. The van der Waals surface area contributed by atoms with Crippen LogP contribution in [-0.2, 0) is 0 Å². The van der Waals surface area contributed by atoms with Crippen molar-refractivity contribution in [2.75, 3.05) is 0 Å². The summed E-state index contributed by atoms with van der Waals surface area (Å²) in [7, 11) is 0. The first-order valence-corrected chi connectivity index (χ1v) is 8.31. The normalized spacial score (nSPS) is 34.1. The van der Waals surface area contributed by atoms with E-state index in [2.05, 4.69) is 16.8 Å². The monoisotopic (exact) mass is 242 g/mol. The van der Waals surface area contributed by atoms with Crippen LogP contribution in [0.3, 0.4) is 0 Å². The van der Waals surface area contributed by atoms with E-state index in [-0.39, 0.29) is 0 Å². The summed E-state index contributed by atoms with van der Waals surface area (Å²) in [5.41, 5.74) is 0. The Morgan fingerprint density at radius 3 is 2.08 bits per heavy atom. The Bertz CT molecular complexity index is 169. The van der Waals surface area contributed by atoms with E-state index in [1.807, 2.05) is 0 Å². The first kappa shape index (κ1) is 9.86. The maximum atomic E-state index is 2.56. The Morgan fingerprint density at radius 2 is 1.62 bits per heavy atom. The average Bonchev–Trinajstić information content (AvgIpc) is 2.14. The van der Waals surface area contributed by atoms with E-state index in [9.17, 15) is 0 Å². The number of fused-ring (bicyclic) bond motifs is 2. The molecule has 0 radical (unpaired) electrons. The van der Waals surface area contributed by atoms with Gasteiger partial charge in [0.2, 0.25) is 0 Å². The Balaban J connectivity index is 2.02. The summed E-state index contributed by atoms with van der Waals surface area (Å²) in [6.07, 6.45) is 9.09. The van der Waals surface area contributed by atoms with Crippen LogP contribution in [0.4, 0.5) is 0 Å². The quantitative estimate of drug-likeness (QED) is 0.650. The van der Waals surface area contributed by atoms with E-state index in [0.29, 0.717) is 0 Å². The van der Waals surface area contributed by atoms with Crippen molar-refractivity contribution >= 4 is 21.7 Å². The van der Waals surface area contributed by atoms with Gasteiger partial charge >= 0.3 is 88.6 Å². The van der Waals surface area contributed by atoms with Gasteiger partial charge in [-0.2, -0.15) is 0 Å². The zero-order chi connectivity index (χ0) is 9.10. The van der Waals surface area contributed by atoms with E-state index in [1.54, 1.807) is 0 Å². The molecule has 2 rings (SSSR count). The molecule has 0 atom stereocenters. The van der Waals surface area contributed by atoms with Crippen LogP contribution in [0, 0.1) is 0 Å². The van der Waals surface area contributed by atoms with Gasteiger partial charge in [-0.3, -0.25) is 0 Å². The van der Waals surface area contributed by atoms with Crippen LogP contribution >= 0.6 is 0 Å². The molecule has 0 spiro atoms. The van der Waals surface area contributed by atoms with Crippen molar-refractivity contribution in [2.45, 2.75) is 56.0 Å². The SMILES string of the molecule is C[Se]/C=C/B1C2CCCC1CCC2. The molecule has 0 aliphatic carbocycles. The van der Waals surface area contributed by atoms with Crippen molar-refractivity contribution < 1.29 is 0 Å². The van der Waals surface area contributed by atoms with E-state index >= 15 is 0 Å². The second-order valence-electron chi connectivity index (χ2n) is 4.52. The summed E-state index contributed by atoms with van der Waals surface area (Å²) in [6.45, 7) is 0.976. The third kappa shape index (κ3) is 2.22. The molecule has 13 heavy (non-hydrogen) atoms. The predicted octanol–water partition coefficient (Wildman–Crippen LogP) is 3.39. The summed E-state index contributed by atoms with van der Waals surface area (Å²) in [5.74, 6) is 6.99. The number of rotatable bonds is 2. The van der Waals surface area contributed by atoms with E-state index < -0.39 is 0 Å². The number of hydrogen-bond donors (Lipinski definition) is 0. The van der Waals surface area contributed by atoms with E-state index in [4.69, 9.17) is 0 Å². The van der Waals surface area contributed by atoms with Crippen molar-refractivity contribution in [1.29, 1.82) is 0 Å². The van der Waals surface area contributed by atoms with Crippen LogP contribution in [0.5, 0.6) is 0 Å². The molecule has 2 bridgehead atoms. The molecule has 2 saturated heterocycles. The van der Waals surface area contributed by atoms with Crippen molar-refractivity contribution in [2.24, 2.45) is 0 Å². The third-order valence-corrected chi connectivity index (χ3v) is 4.73. The fourth-order valence-electron chi connectivity index (χ4n) is 3.21. The van der Waals surface area contributed by atoms with Crippen molar-refractivity contribution in [3.63, 3.8) is 0 Å². The van der Waals surface area contributed by atoms with Gasteiger partial charge in [0.05, 0.1) is 0 Å². The molecule has 0 amide bonds. The third-order valence-electron chi connectivity index (χ3n) is 3.83. The molecule has 2 aliphatic heterocycles. The van der Waals surface area contributed by atoms with Crippen LogP contribution < -0.4 is 0 Å². The van der Waals surface area contributed by atoms with Gasteiger partial charge in [0, 0.05) is 0 Å². The summed E-state index contributed by atoms with van der Waals surface area (Å²) in [6, 6.07) is 0. The van der Waals surface area contributed by atoms with Gasteiger partial charge in [0.15, 0.2) is 0 Å². The summed E-state index contributed by atoms with van der Waals surface area (Å²) in [4.78, 5) is 2.45. The molecule has 0 aromatic rings. The first-order chi connectivity index (χ1) is 6.42. The molecule has 0 N–H and O–H groups in total. The average molecular weight is 241 g/mol. The van der Waals surface area contributed by atoms with Gasteiger partial charge in [-0.05, 0) is 0 Å². The van der Waals surface area contributed by atoms with Gasteiger partial charge < -0.3 is 0 Å². The maximum absolute atomic E-state index is 2.56. The van der Waals surface area contributed by atoms with E-state index in [1.165, 1.54) is 38.5 Å². The van der Waals surface area contributed by atoms with Gasteiger partial charge in [-0.25, -0.2) is 0 Å². The Hall–Kier alpha value is 0.324. The van der Waals surface area contributed by atoms with Crippen LogP contribution in [0.25, 0.3) is 0 Å². The van der Waals surface area contributed by atoms with Gasteiger partial charge in [-0.1, -0.05) is 0 Å². The van der Waals surface area contributed by atoms with E-state index in [0.717, 1.165) is 33.3 Å². The topological polar surface area (TPSA) is 0 Å². The Morgan fingerprint density at radius 1 is 1.08 bits per heavy atom. The first-order valence-electron chi connectivity index (χ1n) is 5.61. The molecule has 2 heterocycles.